The minimum Gasteiger partial charge on any atom is -0.294 e. The van der Waals surface area contributed by atoms with Crippen molar-refractivity contribution in [3.8, 4) is 0 Å². The van der Waals surface area contributed by atoms with Crippen LogP contribution in [-0.2, 0) is 0 Å². The average molecular weight is 215 g/mol. The Morgan fingerprint density at radius 1 is 1.31 bits per heavy atom. The molecule has 0 aromatic heterocycles. The Morgan fingerprint density at radius 2 is 1.92 bits per heavy atom. The molecule has 0 aliphatic heterocycles. The number of hydrogen-bond donors (Lipinski definition) is 0. The lowest BCUT2D eigenvalue weighted by Gasteiger charge is -2.06. The van der Waals surface area contributed by atoms with Gasteiger partial charge in [0.05, 0.1) is 5.02 Å². The third-order valence-corrected chi connectivity index (χ3v) is 3.05. The van der Waals surface area contributed by atoms with Gasteiger partial charge < -0.3 is 0 Å². The zero-order chi connectivity index (χ0) is 9.59. The second-order valence-corrected chi connectivity index (χ2v) is 4.16. The molecule has 1 aliphatic carbocycles. The van der Waals surface area contributed by atoms with E-state index in [-0.39, 0.29) is 11.7 Å². The minimum atomic E-state index is 0.106. The molecule has 1 aromatic carbocycles. The number of Topliss-reactive ketones (excluding diaryl/α,β-unsaturated/α-hetero) is 1. The van der Waals surface area contributed by atoms with E-state index in [1.165, 1.54) is 0 Å². The van der Waals surface area contributed by atoms with E-state index in [1.54, 1.807) is 12.1 Å². The summed E-state index contributed by atoms with van der Waals surface area (Å²) >= 11 is 11.9. The fraction of sp³-hybridized carbons (Fsp3) is 0.300. The van der Waals surface area contributed by atoms with E-state index in [1.807, 2.05) is 6.92 Å². The molecule has 13 heavy (non-hydrogen) atoms. The van der Waals surface area contributed by atoms with E-state index < -0.39 is 0 Å². The van der Waals surface area contributed by atoms with Crippen LogP contribution in [0.2, 0.25) is 10.0 Å². The van der Waals surface area contributed by atoms with Crippen molar-refractivity contribution in [3.05, 3.63) is 33.3 Å². The summed E-state index contributed by atoms with van der Waals surface area (Å²) in [5.74, 6) is 0.309. The van der Waals surface area contributed by atoms with Gasteiger partial charge in [-0.25, -0.2) is 0 Å². The summed E-state index contributed by atoms with van der Waals surface area (Å²) in [7, 11) is 0. The molecule has 2 rings (SSSR count). The van der Waals surface area contributed by atoms with Crippen LogP contribution in [0.5, 0.6) is 0 Å². The predicted molar refractivity (Wildman–Crippen MR) is 53.8 cm³/mol. The Kier molecular flexibility index (Phi) is 2.09. The van der Waals surface area contributed by atoms with Gasteiger partial charge in [0, 0.05) is 17.0 Å². The number of halogens is 2. The number of carbonyl (C=O) groups excluding carboxylic acids is 1. The van der Waals surface area contributed by atoms with Gasteiger partial charge in [0.15, 0.2) is 5.78 Å². The summed E-state index contributed by atoms with van der Waals surface area (Å²) in [5, 5.41) is 1.17. The zero-order valence-corrected chi connectivity index (χ0v) is 8.62. The number of hydrogen-bond acceptors (Lipinski definition) is 1. The maximum atomic E-state index is 11.5. The van der Waals surface area contributed by atoms with E-state index in [9.17, 15) is 4.79 Å². The SMILES string of the molecule is C[C@@H]1CC(=O)c2c(Cl)ccc(Cl)c21. The van der Waals surface area contributed by atoms with Gasteiger partial charge in [-0.2, -0.15) is 0 Å². The van der Waals surface area contributed by atoms with Crippen LogP contribution in [0.25, 0.3) is 0 Å². The lowest BCUT2D eigenvalue weighted by atomic mass is 10.0. The zero-order valence-electron chi connectivity index (χ0n) is 7.10. The maximum Gasteiger partial charge on any atom is 0.165 e. The molecule has 0 heterocycles. The fourth-order valence-electron chi connectivity index (χ4n) is 1.81. The van der Waals surface area contributed by atoms with Gasteiger partial charge in [-0.05, 0) is 23.6 Å². The topological polar surface area (TPSA) is 17.1 Å². The first-order chi connectivity index (χ1) is 6.11. The van der Waals surface area contributed by atoms with Crippen LogP contribution >= 0.6 is 23.2 Å². The molecular formula is C10H8Cl2O. The summed E-state index contributed by atoms with van der Waals surface area (Å²) in [4.78, 5) is 11.5. The van der Waals surface area contributed by atoms with Crippen LogP contribution in [0.3, 0.4) is 0 Å². The molecule has 0 bridgehead atoms. The van der Waals surface area contributed by atoms with E-state index in [0.29, 0.717) is 22.0 Å². The molecule has 0 saturated carbocycles. The Balaban J connectivity index is 2.74. The van der Waals surface area contributed by atoms with Crippen molar-refractivity contribution in [1.29, 1.82) is 0 Å². The Hall–Kier alpha value is -0.530. The van der Waals surface area contributed by atoms with Gasteiger partial charge in [-0.3, -0.25) is 4.79 Å². The molecule has 1 aliphatic rings. The van der Waals surface area contributed by atoms with Crippen molar-refractivity contribution >= 4 is 29.0 Å². The largest absolute Gasteiger partial charge is 0.294 e. The molecular weight excluding hydrogens is 207 g/mol. The van der Waals surface area contributed by atoms with Gasteiger partial charge in [0.25, 0.3) is 0 Å². The average Bonchev–Trinajstić information content (AvgIpc) is 2.36. The van der Waals surface area contributed by atoms with Crippen molar-refractivity contribution < 1.29 is 4.79 Å². The first-order valence-electron chi connectivity index (χ1n) is 4.12. The summed E-state index contributed by atoms with van der Waals surface area (Å²) in [6.07, 6.45) is 0.527. The highest BCUT2D eigenvalue weighted by Crippen LogP contribution is 2.40. The molecule has 3 heteroatoms. The Morgan fingerprint density at radius 3 is 2.54 bits per heavy atom. The summed E-state index contributed by atoms with van der Waals surface area (Å²) < 4.78 is 0. The highest BCUT2D eigenvalue weighted by Gasteiger charge is 2.30. The molecule has 68 valence electrons. The van der Waals surface area contributed by atoms with E-state index >= 15 is 0 Å². The fourth-order valence-corrected chi connectivity index (χ4v) is 2.43. The van der Waals surface area contributed by atoms with Crippen LogP contribution in [0.1, 0.15) is 35.2 Å². The molecule has 0 radical (unpaired) electrons. The third-order valence-electron chi connectivity index (χ3n) is 2.40. The molecule has 0 fully saturated rings. The van der Waals surface area contributed by atoms with Crippen molar-refractivity contribution in [1.82, 2.24) is 0 Å². The van der Waals surface area contributed by atoms with Crippen molar-refractivity contribution in [2.45, 2.75) is 19.3 Å². The standard InChI is InChI=1S/C10H8Cl2O/c1-5-4-8(13)10-7(12)3-2-6(11)9(5)10/h2-3,5H,4H2,1H3/t5-/m1/s1. The first kappa shape index (κ1) is 9.04. The Labute approximate surface area is 86.7 Å². The highest BCUT2D eigenvalue weighted by atomic mass is 35.5. The van der Waals surface area contributed by atoms with Crippen molar-refractivity contribution in [2.75, 3.05) is 0 Å². The van der Waals surface area contributed by atoms with Crippen LogP contribution in [-0.4, -0.2) is 5.78 Å². The van der Waals surface area contributed by atoms with Gasteiger partial charge in [0.2, 0.25) is 0 Å². The number of fused-ring (bicyclic) bond motifs is 1. The van der Waals surface area contributed by atoms with Crippen LogP contribution in [0.4, 0.5) is 0 Å². The molecule has 1 aromatic rings. The normalized spacial score (nSPS) is 20.5. The monoisotopic (exact) mass is 214 g/mol. The van der Waals surface area contributed by atoms with Gasteiger partial charge >= 0.3 is 0 Å². The third kappa shape index (κ3) is 1.27. The van der Waals surface area contributed by atoms with Crippen LogP contribution < -0.4 is 0 Å². The summed E-state index contributed by atoms with van der Waals surface area (Å²) in [5.41, 5.74) is 1.54. The molecule has 0 unspecified atom stereocenters. The van der Waals surface area contributed by atoms with E-state index in [0.717, 1.165) is 5.56 Å². The molecule has 0 saturated heterocycles. The maximum absolute atomic E-state index is 11.5. The first-order valence-corrected chi connectivity index (χ1v) is 4.88. The van der Waals surface area contributed by atoms with Crippen molar-refractivity contribution in [3.63, 3.8) is 0 Å². The number of benzene rings is 1. The summed E-state index contributed by atoms with van der Waals surface area (Å²) in [6, 6.07) is 3.43. The molecule has 1 nitrogen and oxygen atoms in total. The molecule has 0 spiro atoms. The number of rotatable bonds is 0. The van der Waals surface area contributed by atoms with Gasteiger partial charge in [-0.15, -0.1) is 0 Å². The number of carbonyl (C=O) groups is 1. The molecule has 1 atom stereocenters. The smallest absolute Gasteiger partial charge is 0.165 e. The van der Waals surface area contributed by atoms with E-state index in [4.69, 9.17) is 23.2 Å². The Bertz CT molecular complexity index is 385. The van der Waals surface area contributed by atoms with Crippen LogP contribution in [0, 0.1) is 0 Å². The van der Waals surface area contributed by atoms with Crippen molar-refractivity contribution in [2.24, 2.45) is 0 Å². The second-order valence-electron chi connectivity index (χ2n) is 3.35. The highest BCUT2D eigenvalue weighted by molar-refractivity contribution is 6.37. The van der Waals surface area contributed by atoms with Gasteiger partial charge in [0.1, 0.15) is 0 Å². The van der Waals surface area contributed by atoms with E-state index in [2.05, 4.69) is 0 Å². The lowest BCUT2D eigenvalue weighted by molar-refractivity contribution is 0.0990. The summed E-state index contributed by atoms with van der Waals surface area (Å²) in [6.45, 7) is 1.99. The lowest BCUT2D eigenvalue weighted by Crippen LogP contribution is -1.92. The quantitative estimate of drug-likeness (QED) is 0.645. The molecule has 0 amide bonds. The second kappa shape index (κ2) is 3.00. The molecule has 0 N–H and O–H groups in total. The van der Waals surface area contributed by atoms with Gasteiger partial charge in [-0.1, -0.05) is 30.1 Å². The predicted octanol–water partition coefficient (Wildman–Crippen LogP) is 3.68. The minimum absolute atomic E-state index is 0.106. The number of ketones is 1. The van der Waals surface area contributed by atoms with Crippen LogP contribution in [0.15, 0.2) is 12.1 Å².